The van der Waals surface area contributed by atoms with Crippen LogP contribution in [0.1, 0.15) is 44.9 Å². The third-order valence-electron chi connectivity index (χ3n) is 4.60. The molecule has 1 aliphatic carbocycles. The van der Waals surface area contributed by atoms with Crippen LogP contribution in [0.2, 0.25) is 0 Å². The number of alkyl halides is 1. The number of hydrogen-bond donors (Lipinski definition) is 2. The van der Waals surface area contributed by atoms with Crippen LogP contribution in [0.4, 0.5) is 5.69 Å². The molecule has 1 aromatic heterocycles. The van der Waals surface area contributed by atoms with Gasteiger partial charge in [-0.3, -0.25) is 9.59 Å². The number of rotatable bonds is 9. The van der Waals surface area contributed by atoms with Crippen LogP contribution in [-0.4, -0.2) is 36.0 Å². The number of aryl methyl sites for hydroxylation is 1. The normalized spacial score (nSPS) is 13.2. The van der Waals surface area contributed by atoms with Gasteiger partial charge in [-0.1, -0.05) is 29.8 Å². The summed E-state index contributed by atoms with van der Waals surface area (Å²) in [6.07, 6.45) is 2.89. The van der Waals surface area contributed by atoms with Gasteiger partial charge in [-0.25, -0.2) is 4.98 Å². The molecule has 7 heteroatoms. The maximum atomic E-state index is 12.9. The van der Waals surface area contributed by atoms with Gasteiger partial charge in [-0.15, -0.1) is 0 Å². The van der Waals surface area contributed by atoms with Crippen LogP contribution in [0.3, 0.4) is 0 Å². The average molecular weight is 402 g/mol. The van der Waals surface area contributed by atoms with Gasteiger partial charge in [0, 0.05) is 17.9 Å². The van der Waals surface area contributed by atoms with Crippen LogP contribution in [0.15, 0.2) is 36.4 Å². The van der Waals surface area contributed by atoms with E-state index >= 15 is 0 Å². The Kier molecular flexibility index (Phi) is 7.01. The molecule has 2 aromatic rings. The molecule has 1 saturated carbocycles. The number of amides is 2. The Balaban J connectivity index is 1.76. The second-order valence-corrected chi connectivity index (χ2v) is 7.10. The fourth-order valence-corrected chi connectivity index (χ4v) is 2.95. The van der Waals surface area contributed by atoms with Crippen molar-refractivity contribution in [3.63, 3.8) is 0 Å². The van der Waals surface area contributed by atoms with Crippen molar-refractivity contribution < 1.29 is 14.3 Å². The van der Waals surface area contributed by atoms with E-state index in [-0.39, 0.29) is 29.1 Å². The summed E-state index contributed by atoms with van der Waals surface area (Å²) in [5.74, 6) is -0.132. The fraction of sp³-hybridized carbons (Fsp3) is 0.381. The first-order valence-corrected chi connectivity index (χ1v) is 9.90. The third-order valence-corrected chi connectivity index (χ3v) is 4.76. The molecular formula is C21H24ClN3O3. The van der Waals surface area contributed by atoms with Crippen LogP contribution in [0.5, 0.6) is 0 Å². The second-order valence-electron chi connectivity index (χ2n) is 6.88. The standard InChI is InChI=1S/C21H24ClN3O3/c1-14-6-9-17(19(24-14)21(27)23-12-15-7-8-15)20(26)25-18-5-3-2-4-16(18)10-11-28-13-22/h2-6,9,15H,7-8,10-13H2,1H3,(H,23,27)(H,25,26). The molecule has 3 rings (SSSR count). The molecule has 6 nitrogen and oxygen atoms in total. The van der Waals surface area contributed by atoms with E-state index < -0.39 is 0 Å². The smallest absolute Gasteiger partial charge is 0.270 e. The van der Waals surface area contributed by atoms with Crippen LogP contribution in [0, 0.1) is 12.8 Å². The summed E-state index contributed by atoms with van der Waals surface area (Å²) < 4.78 is 5.19. The van der Waals surface area contributed by atoms with Crippen molar-refractivity contribution in [1.82, 2.24) is 10.3 Å². The van der Waals surface area contributed by atoms with Gasteiger partial charge >= 0.3 is 0 Å². The highest BCUT2D eigenvalue weighted by atomic mass is 35.5. The predicted molar refractivity (Wildman–Crippen MR) is 109 cm³/mol. The molecular weight excluding hydrogens is 378 g/mol. The molecule has 148 valence electrons. The average Bonchev–Trinajstić information content (AvgIpc) is 3.52. The van der Waals surface area contributed by atoms with Gasteiger partial charge in [0.25, 0.3) is 11.8 Å². The molecule has 28 heavy (non-hydrogen) atoms. The Hall–Kier alpha value is -2.44. The number of hydrogen-bond acceptors (Lipinski definition) is 4. The molecule has 2 N–H and O–H groups in total. The van der Waals surface area contributed by atoms with E-state index in [1.165, 1.54) is 0 Å². The minimum absolute atomic E-state index is 0.128. The summed E-state index contributed by atoms with van der Waals surface area (Å²) in [5.41, 5.74) is 2.70. The van der Waals surface area contributed by atoms with Gasteiger partial charge in [0.1, 0.15) is 11.8 Å². The van der Waals surface area contributed by atoms with Gasteiger partial charge in [0.2, 0.25) is 0 Å². The monoisotopic (exact) mass is 401 g/mol. The van der Waals surface area contributed by atoms with Crippen molar-refractivity contribution in [2.24, 2.45) is 5.92 Å². The number of aromatic nitrogens is 1. The number of halogens is 1. The quantitative estimate of drug-likeness (QED) is 0.497. The van der Waals surface area contributed by atoms with Crippen LogP contribution in [-0.2, 0) is 11.2 Å². The number of carbonyl (C=O) groups is 2. The van der Waals surface area contributed by atoms with Gasteiger partial charge in [0.15, 0.2) is 0 Å². The SMILES string of the molecule is Cc1ccc(C(=O)Nc2ccccc2CCOCCl)c(C(=O)NCC2CC2)n1. The minimum atomic E-state index is -0.366. The van der Waals surface area contributed by atoms with E-state index in [1.54, 1.807) is 19.1 Å². The van der Waals surface area contributed by atoms with Gasteiger partial charge in [0.05, 0.1) is 12.2 Å². The van der Waals surface area contributed by atoms with Gasteiger partial charge in [-0.05, 0) is 55.9 Å². The van der Waals surface area contributed by atoms with E-state index in [2.05, 4.69) is 15.6 Å². The number of nitrogens with zero attached hydrogens (tertiary/aromatic N) is 1. The van der Waals surface area contributed by atoms with Crippen molar-refractivity contribution in [2.45, 2.75) is 26.2 Å². The van der Waals surface area contributed by atoms with Crippen molar-refractivity contribution in [3.8, 4) is 0 Å². The zero-order valence-corrected chi connectivity index (χ0v) is 16.6. The number of ether oxygens (including phenoxy) is 1. The van der Waals surface area contributed by atoms with Crippen LogP contribution in [0.25, 0.3) is 0 Å². The maximum absolute atomic E-state index is 12.9. The second kappa shape index (κ2) is 9.66. The first-order valence-electron chi connectivity index (χ1n) is 9.37. The third kappa shape index (κ3) is 5.53. The molecule has 0 bridgehead atoms. The number of benzene rings is 1. The molecule has 2 amide bonds. The first kappa shape index (κ1) is 20.3. The predicted octanol–water partition coefficient (Wildman–Crippen LogP) is 3.54. The van der Waals surface area contributed by atoms with E-state index in [0.717, 1.165) is 18.4 Å². The summed E-state index contributed by atoms with van der Waals surface area (Å²) in [5, 5.41) is 5.78. The lowest BCUT2D eigenvalue weighted by Crippen LogP contribution is -2.29. The zero-order valence-electron chi connectivity index (χ0n) is 15.8. The molecule has 1 aliphatic rings. The Morgan fingerprint density at radius 1 is 1.18 bits per heavy atom. The lowest BCUT2D eigenvalue weighted by Gasteiger charge is -2.13. The Labute approximate surface area is 169 Å². The molecule has 0 saturated heterocycles. The molecule has 1 fully saturated rings. The molecule has 1 heterocycles. The van der Waals surface area contributed by atoms with E-state index in [0.29, 0.717) is 36.9 Å². The Morgan fingerprint density at radius 2 is 1.96 bits per heavy atom. The summed E-state index contributed by atoms with van der Waals surface area (Å²) in [7, 11) is 0. The lowest BCUT2D eigenvalue weighted by molar-refractivity contribution is 0.0933. The fourth-order valence-electron chi connectivity index (χ4n) is 2.84. The minimum Gasteiger partial charge on any atom is -0.365 e. The lowest BCUT2D eigenvalue weighted by atomic mass is 10.1. The van der Waals surface area contributed by atoms with Crippen molar-refractivity contribution in [1.29, 1.82) is 0 Å². The number of nitrogens with one attached hydrogen (secondary N) is 2. The highest BCUT2D eigenvalue weighted by Crippen LogP contribution is 2.27. The van der Waals surface area contributed by atoms with Gasteiger partial charge in [-0.2, -0.15) is 0 Å². The van der Waals surface area contributed by atoms with Crippen molar-refractivity contribution >= 4 is 29.1 Å². The number of anilines is 1. The maximum Gasteiger partial charge on any atom is 0.270 e. The highest BCUT2D eigenvalue weighted by Gasteiger charge is 2.24. The summed E-state index contributed by atoms with van der Waals surface area (Å²) in [6, 6.07) is 11.0. The topological polar surface area (TPSA) is 80.3 Å². The molecule has 0 spiro atoms. The van der Waals surface area contributed by atoms with Crippen molar-refractivity contribution in [3.05, 3.63) is 58.9 Å². The number of para-hydroxylation sites is 1. The highest BCUT2D eigenvalue weighted by molar-refractivity contribution is 6.17. The largest absolute Gasteiger partial charge is 0.365 e. The summed E-state index contributed by atoms with van der Waals surface area (Å²) in [4.78, 5) is 29.8. The number of carbonyl (C=O) groups excluding carboxylic acids is 2. The Morgan fingerprint density at radius 3 is 2.71 bits per heavy atom. The molecule has 0 aliphatic heterocycles. The van der Waals surface area contributed by atoms with Crippen LogP contribution < -0.4 is 10.6 Å². The Bertz CT molecular complexity index is 853. The first-order chi connectivity index (χ1) is 13.6. The molecule has 1 aromatic carbocycles. The molecule has 0 radical (unpaired) electrons. The molecule has 0 atom stereocenters. The van der Waals surface area contributed by atoms with Crippen LogP contribution >= 0.6 is 11.6 Å². The van der Waals surface area contributed by atoms with E-state index in [9.17, 15) is 9.59 Å². The van der Waals surface area contributed by atoms with Crippen molar-refractivity contribution in [2.75, 3.05) is 24.5 Å². The van der Waals surface area contributed by atoms with E-state index in [4.69, 9.17) is 16.3 Å². The van der Waals surface area contributed by atoms with Gasteiger partial charge < -0.3 is 15.4 Å². The zero-order chi connectivity index (χ0) is 19.9. The van der Waals surface area contributed by atoms with E-state index in [1.807, 2.05) is 24.3 Å². The number of pyridine rings is 1. The summed E-state index contributed by atoms with van der Waals surface area (Å²) in [6.45, 7) is 2.88. The summed E-state index contributed by atoms with van der Waals surface area (Å²) >= 11 is 5.54. The molecule has 0 unspecified atom stereocenters.